The summed E-state index contributed by atoms with van der Waals surface area (Å²) in [5, 5.41) is 1.98. The van der Waals surface area contributed by atoms with Crippen molar-refractivity contribution in [2.45, 2.75) is 47.5 Å². The van der Waals surface area contributed by atoms with E-state index in [9.17, 15) is 0 Å². The Morgan fingerprint density at radius 3 is 2.47 bits per heavy atom. The van der Waals surface area contributed by atoms with Crippen LogP contribution in [0, 0.1) is 5.92 Å². The summed E-state index contributed by atoms with van der Waals surface area (Å²) in [5.74, 6) is 0.423. The highest BCUT2D eigenvalue weighted by Gasteiger charge is 2.20. The van der Waals surface area contributed by atoms with Crippen LogP contribution in [0.5, 0.6) is 0 Å². The summed E-state index contributed by atoms with van der Waals surface area (Å²) in [7, 11) is 0. The molecule has 0 radical (unpaired) electrons. The second-order valence-electron chi connectivity index (χ2n) is 11.4. The summed E-state index contributed by atoms with van der Waals surface area (Å²) in [6.07, 6.45) is 29.7. The molecular weight excluding hydrogens is 518 g/mol. The summed E-state index contributed by atoms with van der Waals surface area (Å²) < 4.78 is 2.14. The highest BCUT2D eigenvalue weighted by Crippen LogP contribution is 2.36. The predicted octanol–water partition coefficient (Wildman–Crippen LogP) is 9.94. The first-order valence-electron chi connectivity index (χ1n) is 15.1. The van der Waals surface area contributed by atoms with E-state index >= 15 is 0 Å². The lowest BCUT2D eigenvalue weighted by molar-refractivity contribution is 0.745. The number of hydrogen-bond donors (Lipinski definition) is 0. The molecule has 2 heterocycles. The number of benzene rings is 1. The average Bonchev–Trinajstić information content (AvgIpc) is 3.25. The Morgan fingerprint density at radius 2 is 1.74 bits per heavy atom. The van der Waals surface area contributed by atoms with Crippen molar-refractivity contribution in [2.24, 2.45) is 5.92 Å². The lowest BCUT2D eigenvalue weighted by Gasteiger charge is -2.23. The zero-order chi connectivity index (χ0) is 31.1. The molecule has 0 amide bonds. The van der Waals surface area contributed by atoms with Crippen LogP contribution in [-0.4, -0.2) is 4.57 Å². The quantitative estimate of drug-likeness (QED) is 0.319. The highest BCUT2D eigenvalue weighted by molar-refractivity contribution is 5.81. The molecule has 0 N–H and O–H groups in total. The van der Waals surface area contributed by atoms with Crippen LogP contribution in [0.15, 0.2) is 133 Å². The molecular formula is C42H45N. The van der Waals surface area contributed by atoms with Gasteiger partial charge in [0.25, 0.3) is 0 Å². The van der Waals surface area contributed by atoms with Crippen molar-refractivity contribution >= 4 is 36.1 Å². The normalized spacial score (nSPS) is 25.8. The van der Waals surface area contributed by atoms with Gasteiger partial charge in [-0.15, -0.1) is 0 Å². The maximum atomic E-state index is 4.57. The fraction of sp³-hybridized carbons (Fsp3) is 0.190. The molecule has 2 aliphatic rings. The Balaban J connectivity index is 2.13. The van der Waals surface area contributed by atoms with E-state index in [2.05, 4.69) is 151 Å². The summed E-state index contributed by atoms with van der Waals surface area (Å²) in [4.78, 5) is 0. The highest BCUT2D eigenvalue weighted by atomic mass is 15.0. The second-order valence-corrected chi connectivity index (χ2v) is 11.4. The topological polar surface area (TPSA) is 4.93 Å². The first-order valence-corrected chi connectivity index (χ1v) is 15.1. The van der Waals surface area contributed by atoms with E-state index in [0.29, 0.717) is 5.92 Å². The van der Waals surface area contributed by atoms with Crippen LogP contribution >= 0.6 is 0 Å². The number of fused-ring (bicyclic) bond motifs is 3. The van der Waals surface area contributed by atoms with Crippen molar-refractivity contribution in [1.29, 1.82) is 0 Å². The van der Waals surface area contributed by atoms with Gasteiger partial charge in [-0.05, 0) is 109 Å². The lowest BCUT2D eigenvalue weighted by Crippen LogP contribution is -2.27. The van der Waals surface area contributed by atoms with Gasteiger partial charge >= 0.3 is 0 Å². The Labute approximate surface area is 259 Å². The van der Waals surface area contributed by atoms with E-state index < -0.39 is 0 Å². The molecule has 4 rings (SSSR count). The molecule has 2 bridgehead atoms. The monoisotopic (exact) mass is 563 g/mol. The Kier molecular flexibility index (Phi) is 10.2. The smallest absolute Gasteiger partial charge is 0.0534 e. The predicted molar refractivity (Wildman–Crippen MR) is 192 cm³/mol. The van der Waals surface area contributed by atoms with Gasteiger partial charge in [0.2, 0.25) is 0 Å². The van der Waals surface area contributed by atoms with Gasteiger partial charge in [-0.25, -0.2) is 0 Å². The van der Waals surface area contributed by atoms with Crippen LogP contribution in [0.1, 0.15) is 63.4 Å². The maximum Gasteiger partial charge on any atom is 0.0534 e. The number of allylic oxidation sites excluding steroid dienone is 17. The molecule has 1 heteroatoms. The van der Waals surface area contributed by atoms with Gasteiger partial charge in [0.1, 0.15) is 0 Å². The molecule has 1 aliphatic heterocycles. The standard InChI is InChI=1S/C42H45N/c1-10-13-23-37-32(7)38(18-11-2)36(27-35-22-14-15-24-39(35)33(37)8)28-41-40-25-17-20-29(4)19-16-21-30(5)26-31(6)43(34(40)9)42(41)12-3/h10-18,20-26,28-29H,1,3,6,9,19,27H2,2,4-5,7-8H3/b18-11-,20-17-,21-16-,23-13-,30-26-,36-28+,37-33-,38-32-,40-25+. The summed E-state index contributed by atoms with van der Waals surface area (Å²) in [6.45, 7) is 28.1. The van der Waals surface area contributed by atoms with Crippen LogP contribution < -0.4 is 10.6 Å². The molecule has 1 aromatic carbocycles. The van der Waals surface area contributed by atoms with Crippen LogP contribution in [0.25, 0.3) is 36.1 Å². The van der Waals surface area contributed by atoms with E-state index in [4.69, 9.17) is 0 Å². The lowest BCUT2D eigenvalue weighted by atomic mass is 9.82. The molecule has 0 saturated carbocycles. The van der Waals surface area contributed by atoms with E-state index in [-0.39, 0.29) is 0 Å². The third-order valence-electron chi connectivity index (χ3n) is 8.26. The van der Waals surface area contributed by atoms with Crippen LogP contribution in [-0.2, 0) is 6.42 Å². The molecule has 2 aromatic rings. The van der Waals surface area contributed by atoms with Crippen molar-refractivity contribution in [3.8, 4) is 0 Å². The molecule has 1 atom stereocenters. The van der Waals surface area contributed by atoms with Gasteiger partial charge in [-0.1, -0.05) is 118 Å². The third kappa shape index (κ3) is 6.73. The summed E-state index contributed by atoms with van der Waals surface area (Å²) >= 11 is 0. The van der Waals surface area contributed by atoms with Gasteiger partial charge in [-0.3, -0.25) is 0 Å². The second kappa shape index (κ2) is 14.0. The number of rotatable bonds is 5. The molecule has 218 valence electrons. The molecule has 0 spiro atoms. The fourth-order valence-electron chi connectivity index (χ4n) is 6.08. The van der Waals surface area contributed by atoms with Crippen molar-refractivity contribution < 1.29 is 0 Å². The van der Waals surface area contributed by atoms with Crippen LogP contribution in [0.2, 0.25) is 0 Å². The zero-order valence-corrected chi connectivity index (χ0v) is 26.6. The van der Waals surface area contributed by atoms with Crippen LogP contribution in [0.3, 0.4) is 0 Å². The van der Waals surface area contributed by atoms with Gasteiger partial charge in [0.05, 0.1) is 5.69 Å². The zero-order valence-electron chi connectivity index (χ0n) is 26.6. The Morgan fingerprint density at radius 1 is 0.977 bits per heavy atom. The largest absolute Gasteiger partial charge is 0.310 e. The van der Waals surface area contributed by atoms with Crippen LogP contribution in [0.4, 0.5) is 0 Å². The molecule has 0 fully saturated rings. The molecule has 1 nitrogen and oxygen atoms in total. The SMILES string of the molecule is C=C\C=C/C1=C(\C)c2ccccc2CC(=C\c2c(C=C)n3c(=C)/c2=C\C=C/C(C)C/C=C\C(C)=C/C3=C)/C(/C=C\C)=C\1C. The minimum absolute atomic E-state index is 0.423. The number of aromatic nitrogens is 1. The summed E-state index contributed by atoms with van der Waals surface area (Å²) in [6, 6.07) is 8.75. The minimum atomic E-state index is 0.423. The Bertz CT molecular complexity index is 1810. The van der Waals surface area contributed by atoms with Crippen molar-refractivity contribution in [3.05, 3.63) is 166 Å². The van der Waals surface area contributed by atoms with Crippen molar-refractivity contribution in [3.63, 3.8) is 0 Å². The van der Waals surface area contributed by atoms with Crippen molar-refractivity contribution in [1.82, 2.24) is 4.57 Å². The first kappa shape index (κ1) is 31.3. The number of hydrogen-bond acceptors (Lipinski definition) is 0. The minimum Gasteiger partial charge on any atom is -0.310 e. The van der Waals surface area contributed by atoms with Gasteiger partial charge in [-0.2, -0.15) is 0 Å². The number of nitrogens with zero attached hydrogens (tertiary/aromatic N) is 1. The van der Waals surface area contributed by atoms with Gasteiger partial charge in [0.15, 0.2) is 0 Å². The molecule has 0 saturated heterocycles. The van der Waals surface area contributed by atoms with E-state index in [0.717, 1.165) is 45.9 Å². The molecule has 1 unspecified atom stereocenters. The molecule has 43 heavy (non-hydrogen) atoms. The van der Waals surface area contributed by atoms with E-state index in [1.807, 2.05) is 18.2 Å². The molecule has 1 aliphatic carbocycles. The average molecular weight is 564 g/mol. The van der Waals surface area contributed by atoms with E-state index in [1.54, 1.807) is 0 Å². The first-order chi connectivity index (χ1) is 20.7. The molecule has 1 aromatic heterocycles. The maximum absolute atomic E-state index is 4.57. The van der Waals surface area contributed by atoms with E-state index in [1.165, 1.54) is 39.0 Å². The third-order valence-corrected chi connectivity index (χ3v) is 8.26. The Hall–Kier alpha value is -4.62. The van der Waals surface area contributed by atoms with Crippen molar-refractivity contribution in [2.75, 3.05) is 0 Å². The summed E-state index contributed by atoms with van der Waals surface area (Å²) in [5.41, 5.74) is 12.9. The van der Waals surface area contributed by atoms with Gasteiger partial charge < -0.3 is 4.57 Å². The van der Waals surface area contributed by atoms with Gasteiger partial charge in [0, 0.05) is 21.8 Å². The fourth-order valence-corrected chi connectivity index (χ4v) is 6.08.